The summed E-state index contributed by atoms with van der Waals surface area (Å²) in [5, 5.41) is 17.5. The highest BCUT2D eigenvalue weighted by Crippen LogP contribution is 1.98. The van der Waals surface area contributed by atoms with Crippen molar-refractivity contribution in [3.63, 3.8) is 0 Å². The first-order valence-electron chi connectivity index (χ1n) is 6.25. The summed E-state index contributed by atoms with van der Waals surface area (Å²) >= 11 is 0. The van der Waals surface area contributed by atoms with Crippen molar-refractivity contribution in [1.29, 1.82) is 0 Å². The van der Waals surface area contributed by atoms with Gasteiger partial charge in [0.1, 0.15) is 6.10 Å². The monoisotopic (exact) mass is 234 g/mol. The molecule has 16 heavy (non-hydrogen) atoms. The van der Waals surface area contributed by atoms with Crippen LogP contribution in [-0.2, 0) is 9.47 Å². The molecule has 1 unspecified atom stereocenters. The maximum absolute atomic E-state index is 8.99. The number of ether oxygens (including phenoxy) is 2. The highest BCUT2D eigenvalue weighted by atomic mass is 16.5. The lowest BCUT2D eigenvalue weighted by Crippen LogP contribution is -2.19. The lowest BCUT2D eigenvalue weighted by atomic mass is 10.2. The standard InChI is InChI=1S/C12H26O4/c1-2-3-7-15-8-5-4-6-9-16-11-12(14)10-13/h12-14H,2-11H2,1H3. The summed E-state index contributed by atoms with van der Waals surface area (Å²) in [5.74, 6) is 0. The largest absolute Gasteiger partial charge is 0.394 e. The van der Waals surface area contributed by atoms with Gasteiger partial charge < -0.3 is 19.7 Å². The Balaban J connectivity index is 2.93. The fraction of sp³-hybridized carbons (Fsp3) is 1.00. The van der Waals surface area contributed by atoms with E-state index in [-0.39, 0.29) is 13.2 Å². The SMILES string of the molecule is CCCCOCCCCCOCC(O)CO. The molecule has 0 aliphatic heterocycles. The molecular weight excluding hydrogens is 208 g/mol. The molecule has 0 bridgehead atoms. The molecule has 4 heteroatoms. The Morgan fingerprint density at radius 1 is 0.938 bits per heavy atom. The van der Waals surface area contributed by atoms with Crippen molar-refractivity contribution in [2.24, 2.45) is 0 Å². The summed E-state index contributed by atoms with van der Waals surface area (Å²) in [6, 6.07) is 0. The number of hydrogen-bond acceptors (Lipinski definition) is 4. The van der Waals surface area contributed by atoms with Gasteiger partial charge in [-0.25, -0.2) is 0 Å². The maximum atomic E-state index is 8.99. The average molecular weight is 234 g/mol. The molecule has 4 nitrogen and oxygen atoms in total. The van der Waals surface area contributed by atoms with Crippen molar-refractivity contribution in [3.05, 3.63) is 0 Å². The molecule has 0 heterocycles. The van der Waals surface area contributed by atoms with Crippen molar-refractivity contribution < 1.29 is 19.7 Å². The molecule has 0 aromatic heterocycles. The van der Waals surface area contributed by atoms with E-state index in [4.69, 9.17) is 19.7 Å². The zero-order chi connectivity index (χ0) is 12.1. The van der Waals surface area contributed by atoms with Crippen LogP contribution in [0.15, 0.2) is 0 Å². The molecule has 0 amide bonds. The highest BCUT2D eigenvalue weighted by Gasteiger charge is 2.00. The van der Waals surface area contributed by atoms with E-state index < -0.39 is 6.10 Å². The van der Waals surface area contributed by atoms with E-state index >= 15 is 0 Å². The predicted octanol–water partition coefficient (Wildman–Crippen LogP) is 1.34. The number of aliphatic hydroxyl groups is 2. The van der Waals surface area contributed by atoms with Gasteiger partial charge >= 0.3 is 0 Å². The Hall–Kier alpha value is -0.160. The fourth-order valence-electron chi connectivity index (χ4n) is 1.21. The lowest BCUT2D eigenvalue weighted by Gasteiger charge is -2.08. The van der Waals surface area contributed by atoms with Crippen molar-refractivity contribution in [3.8, 4) is 0 Å². The summed E-state index contributed by atoms with van der Waals surface area (Å²) in [6.07, 6.45) is 4.72. The third-order valence-corrected chi connectivity index (χ3v) is 2.24. The Bertz CT molecular complexity index is 130. The van der Waals surface area contributed by atoms with Gasteiger partial charge in [-0.2, -0.15) is 0 Å². The summed E-state index contributed by atoms with van der Waals surface area (Å²) < 4.78 is 10.6. The van der Waals surface area contributed by atoms with Crippen LogP contribution in [-0.4, -0.2) is 49.4 Å². The van der Waals surface area contributed by atoms with Crippen molar-refractivity contribution in [2.45, 2.75) is 45.1 Å². The molecule has 0 aliphatic rings. The number of aliphatic hydroxyl groups excluding tert-OH is 2. The summed E-state index contributed by atoms with van der Waals surface area (Å²) in [7, 11) is 0. The lowest BCUT2D eigenvalue weighted by molar-refractivity contribution is 0.00487. The van der Waals surface area contributed by atoms with Crippen LogP contribution in [0.5, 0.6) is 0 Å². The molecule has 0 saturated heterocycles. The van der Waals surface area contributed by atoms with Gasteiger partial charge in [0.15, 0.2) is 0 Å². The molecule has 0 saturated carbocycles. The maximum Gasteiger partial charge on any atom is 0.100 e. The third kappa shape index (κ3) is 11.9. The first-order chi connectivity index (χ1) is 7.81. The van der Waals surface area contributed by atoms with Crippen molar-refractivity contribution in [1.82, 2.24) is 0 Å². The molecular formula is C12H26O4. The van der Waals surface area contributed by atoms with Gasteiger partial charge in [0.25, 0.3) is 0 Å². The third-order valence-electron chi connectivity index (χ3n) is 2.24. The van der Waals surface area contributed by atoms with E-state index in [0.29, 0.717) is 6.61 Å². The quantitative estimate of drug-likeness (QED) is 0.500. The Morgan fingerprint density at radius 2 is 1.56 bits per heavy atom. The van der Waals surface area contributed by atoms with Crippen molar-refractivity contribution in [2.75, 3.05) is 33.0 Å². The summed E-state index contributed by atoms with van der Waals surface area (Å²) in [5.41, 5.74) is 0. The van der Waals surface area contributed by atoms with Gasteiger partial charge in [0, 0.05) is 19.8 Å². The predicted molar refractivity (Wildman–Crippen MR) is 63.5 cm³/mol. The highest BCUT2D eigenvalue weighted by molar-refractivity contribution is 4.49. The van der Waals surface area contributed by atoms with Crippen LogP contribution in [0.4, 0.5) is 0 Å². The second-order valence-electron chi connectivity index (χ2n) is 3.94. The summed E-state index contributed by atoms with van der Waals surface area (Å²) in [4.78, 5) is 0. The molecule has 2 N–H and O–H groups in total. The van der Waals surface area contributed by atoms with Gasteiger partial charge in [0.05, 0.1) is 13.2 Å². The van der Waals surface area contributed by atoms with Gasteiger partial charge in [0.2, 0.25) is 0 Å². The molecule has 0 aromatic rings. The molecule has 0 radical (unpaired) electrons. The zero-order valence-electron chi connectivity index (χ0n) is 10.4. The molecule has 1 atom stereocenters. The molecule has 0 aliphatic carbocycles. The van der Waals surface area contributed by atoms with E-state index in [2.05, 4.69) is 6.92 Å². The van der Waals surface area contributed by atoms with E-state index in [1.54, 1.807) is 0 Å². The van der Waals surface area contributed by atoms with Crippen LogP contribution in [0.3, 0.4) is 0 Å². The zero-order valence-corrected chi connectivity index (χ0v) is 10.4. The second kappa shape index (κ2) is 12.9. The van der Waals surface area contributed by atoms with Crippen LogP contribution in [0.1, 0.15) is 39.0 Å². The molecule has 98 valence electrons. The van der Waals surface area contributed by atoms with Crippen LogP contribution in [0.25, 0.3) is 0 Å². The van der Waals surface area contributed by atoms with Crippen LogP contribution < -0.4 is 0 Å². The molecule has 0 aromatic carbocycles. The van der Waals surface area contributed by atoms with E-state index in [9.17, 15) is 0 Å². The number of hydrogen-bond donors (Lipinski definition) is 2. The Labute approximate surface area is 98.6 Å². The minimum absolute atomic E-state index is 0.226. The Kier molecular flexibility index (Phi) is 12.8. The molecule has 0 rings (SSSR count). The minimum atomic E-state index is -0.739. The van der Waals surface area contributed by atoms with Crippen molar-refractivity contribution >= 4 is 0 Å². The van der Waals surface area contributed by atoms with Gasteiger partial charge in [-0.05, 0) is 25.7 Å². The smallest absolute Gasteiger partial charge is 0.100 e. The first kappa shape index (κ1) is 15.8. The average Bonchev–Trinajstić information content (AvgIpc) is 2.31. The fourth-order valence-corrected chi connectivity index (χ4v) is 1.21. The second-order valence-corrected chi connectivity index (χ2v) is 3.94. The van der Waals surface area contributed by atoms with Gasteiger partial charge in [-0.3, -0.25) is 0 Å². The molecule has 0 spiro atoms. The normalized spacial score (nSPS) is 12.9. The van der Waals surface area contributed by atoms with Crippen LogP contribution in [0.2, 0.25) is 0 Å². The minimum Gasteiger partial charge on any atom is -0.394 e. The number of unbranched alkanes of at least 4 members (excludes halogenated alkanes) is 3. The van der Waals surface area contributed by atoms with Gasteiger partial charge in [-0.1, -0.05) is 13.3 Å². The Morgan fingerprint density at radius 3 is 2.19 bits per heavy atom. The molecule has 0 fully saturated rings. The van der Waals surface area contributed by atoms with Crippen LogP contribution in [0, 0.1) is 0 Å². The van der Waals surface area contributed by atoms with E-state index in [1.807, 2.05) is 0 Å². The first-order valence-corrected chi connectivity index (χ1v) is 6.25. The van der Waals surface area contributed by atoms with Gasteiger partial charge in [-0.15, -0.1) is 0 Å². The summed E-state index contributed by atoms with van der Waals surface area (Å²) in [6.45, 7) is 4.50. The number of rotatable bonds is 12. The van der Waals surface area contributed by atoms with E-state index in [0.717, 1.165) is 38.9 Å². The van der Waals surface area contributed by atoms with E-state index in [1.165, 1.54) is 6.42 Å². The van der Waals surface area contributed by atoms with Crippen LogP contribution >= 0.6 is 0 Å². The topological polar surface area (TPSA) is 58.9 Å².